The molecule has 19 heavy (non-hydrogen) atoms. The lowest BCUT2D eigenvalue weighted by molar-refractivity contribution is -0.138. The highest BCUT2D eigenvalue weighted by molar-refractivity contribution is 6.01. The number of hydrogen-bond donors (Lipinski definition) is 1. The fourth-order valence-electron chi connectivity index (χ4n) is 3.43. The lowest BCUT2D eigenvalue weighted by Gasteiger charge is -2.32. The Morgan fingerprint density at radius 1 is 1.26 bits per heavy atom. The summed E-state index contributed by atoms with van der Waals surface area (Å²) in [6.45, 7) is 5.16. The maximum atomic E-state index is 11.6. The quantitative estimate of drug-likeness (QED) is 0.715. The van der Waals surface area contributed by atoms with E-state index in [9.17, 15) is 9.59 Å². The van der Waals surface area contributed by atoms with Crippen molar-refractivity contribution in [2.75, 3.05) is 26.2 Å². The van der Waals surface area contributed by atoms with Crippen LogP contribution in [0, 0.1) is 5.92 Å². The van der Waals surface area contributed by atoms with Gasteiger partial charge in [-0.3, -0.25) is 19.4 Å². The molecule has 2 unspecified atom stereocenters. The number of likely N-dealkylation sites (tertiary alicyclic amines) is 1. The highest BCUT2D eigenvalue weighted by Gasteiger charge is 2.32. The first-order valence-electron chi connectivity index (χ1n) is 7.44. The van der Waals surface area contributed by atoms with E-state index in [1.165, 1.54) is 24.2 Å². The van der Waals surface area contributed by atoms with Crippen LogP contribution < -0.4 is 5.73 Å². The summed E-state index contributed by atoms with van der Waals surface area (Å²) in [6.07, 6.45) is 4.42. The lowest BCUT2D eigenvalue weighted by atomic mass is 10.0. The van der Waals surface area contributed by atoms with Gasteiger partial charge in [0.2, 0.25) is 11.8 Å². The highest BCUT2D eigenvalue weighted by atomic mass is 16.2. The number of likely N-dealkylation sites (N-methyl/N-ethyl adjacent to an activating group) is 1. The van der Waals surface area contributed by atoms with Crippen LogP contribution in [-0.2, 0) is 9.59 Å². The minimum absolute atomic E-state index is 0.0113. The van der Waals surface area contributed by atoms with Crippen molar-refractivity contribution < 1.29 is 9.59 Å². The van der Waals surface area contributed by atoms with Gasteiger partial charge in [0.25, 0.3) is 0 Å². The van der Waals surface area contributed by atoms with E-state index in [-0.39, 0.29) is 11.8 Å². The SMILES string of the molecule is CCN(CCN1C(=O)CCC1=O)C1CCCC1CN. The molecule has 0 radical (unpaired) electrons. The van der Waals surface area contributed by atoms with E-state index in [1.807, 2.05) is 0 Å². The van der Waals surface area contributed by atoms with Crippen LogP contribution in [0.2, 0.25) is 0 Å². The predicted molar refractivity (Wildman–Crippen MR) is 73.4 cm³/mol. The zero-order valence-electron chi connectivity index (χ0n) is 11.8. The van der Waals surface area contributed by atoms with Crippen LogP contribution >= 0.6 is 0 Å². The van der Waals surface area contributed by atoms with Crippen molar-refractivity contribution in [2.24, 2.45) is 11.7 Å². The first kappa shape index (κ1) is 14.5. The van der Waals surface area contributed by atoms with E-state index >= 15 is 0 Å². The Balaban J connectivity index is 1.88. The maximum absolute atomic E-state index is 11.6. The van der Waals surface area contributed by atoms with E-state index in [2.05, 4.69) is 11.8 Å². The molecular weight excluding hydrogens is 242 g/mol. The molecule has 2 atom stereocenters. The molecule has 5 nitrogen and oxygen atoms in total. The maximum Gasteiger partial charge on any atom is 0.229 e. The van der Waals surface area contributed by atoms with Gasteiger partial charge in [0, 0.05) is 32.0 Å². The highest BCUT2D eigenvalue weighted by Crippen LogP contribution is 2.29. The molecule has 2 rings (SSSR count). The zero-order valence-corrected chi connectivity index (χ0v) is 11.8. The molecule has 1 aliphatic carbocycles. The standard InChI is InChI=1S/C14H25N3O2/c1-2-16(12-5-3-4-11(12)10-15)8-9-17-13(18)6-7-14(17)19/h11-12H,2-10,15H2,1H3. The van der Waals surface area contributed by atoms with Crippen molar-refractivity contribution in [2.45, 2.75) is 45.1 Å². The number of imide groups is 1. The van der Waals surface area contributed by atoms with Gasteiger partial charge in [-0.25, -0.2) is 0 Å². The molecule has 2 N–H and O–H groups in total. The minimum atomic E-state index is -0.0113. The van der Waals surface area contributed by atoms with Crippen LogP contribution in [0.25, 0.3) is 0 Å². The number of nitrogens with zero attached hydrogens (tertiary/aromatic N) is 2. The van der Waals surface area contributed by atoms with Crippen LogP contribution in [0.4, 0.5) is 0 Å². The number of rotatable bonds is 6. The van der Waals surface area contributed by atoms with Crippen molar-refractivity contribution in [3.05, 3.63) is 0 Å². The van der Waals surface area contributed by atoms with E-state index in [0.717, 1.165) is 19.6 Å². The fourth-order valence-corrected chi connectivity index (χ4v) is 3.43. The first-order chi connectivity index (χ1) is 9.17. The number of carbonyl (C=O) groups excluding carboxylic acids is 2. The lowest BCUT2D eigenvalue weighted by Crippen LogP contribution is -2.45. The fraction of sp³-hybridized carbons (Fsp3) is 0.857. The van der Waals surface area contributed by atoms with Gasteiger partial charge in [0.15, 0.2) is 0 Å². The number of hydrogen-bond acceptors (Lipinski definition) is 4. The second-order valence-electron chi connectivity index (χ2n) is 5.56. The Morgan fingerprint density at radius 2 is 1.95 bits per heavy atom. The molecule has 0 bridgehead atoms. The van der Waals surface area contributed by atoms with Gasteiger partial charge < -0.3 is 5.73 Å². The van der Waals surface area contributed by atoms with Gasteiger partial charge in [-0.1, -0.05) is 13.3 Å². The predicted octanol–water partition coefficient (Wildman–Crippen LogP) is 0.585. The van der Waals surface area contributed by atoms with E-state index in [4.69, 9.17) is 5.73 Å². The molecule has 0 aromatic heterocycles. The summed E-state index contributed by atoms with van der Waals surface area (Å²) >= 11 is 0. The molecule has 1 heterocycles. The van der Waals surface area contributed by atoms with E-state index in [0.29, 0.717) is 31.3 Å². The molecule has 108 valence electrons. The summed E-state index contributed by atoms with van der Waals surface area (Å²) in [4.78, 5) is 27.0. The number of carbonyl (C=O) groups is 2. The van der Waals surface area contributed by atoms with Gasteiger partial charge in [-0.15, -0.1) is 0 Å². The summed E-state index contributed by atoms with van der Waals surface area (Å²) in [5, 5.41) is 0. The third-order valence-corrected chi connectivity index (χ3v) is 4.56. The Bertz CT molecular complexity index is 330. The summed E-state index contributed by atoms with van der Waals surface area (Å²) in [5.41, 5.74) is 5.83. The smallest absolute Gasteiger partial charge is 0.229 e. The Morgan fingerprint density at radius 3 is 2.53 bits per heavy atom. The summed E-state index contributed by atoms with van der Waals surface area (Å²) in [6, 6.07) is 0.530. The molecule has 1 saturated heterocycles. The van der Waals surface area contributed by atoms with Crippen molar-refractivity contribution >= 4 is 11.8 Å². The molecular formula is C14H25N3O2. The van der Waals surface area contributed by atoms with Gasteiger partial charge in [0.05, 0.1) is 0 Å². The van der Waals surface area contributed by atoms with Crippen LogP contribution in [0.3, 0.4) is 0 Å². The Labute approximate surface area is 115 Å². The summed E-state index contributed by atoms with van der Waals surface area (Å²) in [5.74, 6) is 0.552. The van der Waals surface area contributed by atoms with Crippen molar-refractivity contribution in [3.8, 4) is 0 Å². The largest absolute Gasteiger partial charge is 0.330 e. The summed E-state index contributed by atoms with van der Waals surface area (Å²) < 4.78 is 0. The zero-order chi connectivity index (χ0) is 13.8. The molecule has 2 aliphatic rings. The molecule has 1 aliphatic heterocycles. The Hall–Kier alpha value is -0.940. The second kappa shape index (κ2) is 6.48. The van der Waals surface area contributed by atoms with E-state index < -0.39 is 0 Å². The van der Waals surface area contributed by atoms with Gasteiger partial charge in [-0.05, 0) is 31.8 Å². The number of nitrogens with two attached hydrogens (primary N) is 1. The normalized spacial score (nSPS) is 27.8. The minimum Gasteiger partial charge on any atom is -0.330 e. The van der Waals surface area contributed by atoms with Crippen LogP contribution in [0.1, 0.15) is 39.0 Å². The van der Waals surface area contributed by atoms with Crippen LogP contribution in [0.5, 0.6) is 0 Å². The second-order valence-corrected chi connectivity index (χ2v) is 5.56. The molecule has 0 spiro atoms. The van der Waals surface area contributed by atoms with Crippen molar-refractivity contribution in [1.29, 1.82) is 0 Å². The molecule has 2 amide bonds. The Kier molecular flexibility index (Phi) is 4.93. The summed E-state index contributed by atoms with van der Waals surface area (Å²) in [7, 11) is 0. The number of amides is 2. The topological polar surface area (TPSA) is 66.6 Å². The molecule has 0 aromatic carbocycles. The van der Waals surface area contributed by atoms with Gasteiger partial charge in [-0.2, -0.15) is 0 Å². The van der Waals surface area contributed by atoms with E-state index in [1.54, 1.807) is 0 Å². The monoisotopic (exact) mass is 267 g/mol. The van der Waals surface area contributed by atoms with Gasteiger partial charge >= 0.3 is 0 Å². The van der Waals surface area contributed by atoms with Crippen molar-refractivity contribution in [3.63, 3.8) is 0 Å². The molecule has 5 heteroatoms. The van der Waals surface area contributed by atoms with Gasteiger partial charge in [0.1, 0.15) is 0 Å². The molecule has 2 fully saturated rings. The molecule has 1 saturated carbocycles. The molecule has 0 aromatic rings. The first-order valence-corrected chi connectivity index (χ1v) is 7.44. The van der Waals surface area contributed by atoms with Crippen molar-refractivity contribution in [1.82, 2.24) is 9.80 Å². The third-order valence-electron chi connectivity index (χ3n) is 4.56. The average Bonchev–Trinajstić information content (AvgIpc) is 3.00. The third kappa shape index (κ3) is 3.15. The average molecular weight is 267 g/mol. The van der Waals surface area contributed by atoms with Crippen LogP contribution in [0.15, 0.2) is 0 Å². The van der Waals surface area contributed by atoms with Crippen LogP contribution in [-0.4, -0.2) is 53.8 Å².